The van der Waals surface area contributed by atoms with Gasteiger partial charge in [-0.05, 0) is 36.1 Å². The molecule has 0 aliphatic heterocycles. The number of primary amides is 1. The molecule has 0 unspecified atom stereocenters. The SMILES string of the molecule is CCOc1cccc(-c2ccsc2C(N)=O)c1. The number of nitrogens with two attached hydrogens (primary N) is 1. The zero-order chi connectivity index (χ0) is 12.3. The fraction of sp³-hybridized carbons (Fsp3) is 0.154. The lowest BCUT2D eigenvalue weighted by Crippen LogP contribution is -2.09. The number of hydrogen-bond donors (Lipinski definition) is 1. The summed E-state index contributed by atoms with van der Waals surface area (Å²) >= 11 is 1.36. The summed E-state index contributed by atoms with van der Waals surface area (Å²) in [4.78, 5) is 11.9. The van der Waals surface area contributed by atoms with Gasteiger partial charge in [0.25, 0.3) is 5.91 Å². The van der Waals surface area contributed by atoms with Gasteiger partial charge in [-0.25, -0.2) is 0 Å². The predicted molar refractivity (Wildman–Crippen MR) is 69.4 cm³/mol. The first-order chi connectivity index (χ1) is 8.22. The lowest BCUT2D eigenvalue weighted by Gasteiger charge is -2.06. The molecule has 1 aromatic heterocycles. The molecule has 3 nitrogen and oxygen atoms in total. The zero-order valence-corrected chi connectivity index (χ0v) is 10.3. The van der Waals surface area contributed by atoms with E-state index in [9.17, 15) is 4.79 Å². The Morgan fingerprint density at radius 1 is 1.41 bits per heavy atom. The highest BCUT2D eigenvalue weighted by atomic mass is 32.1. The normalized spacial score (nSPS) is 10.2. The van der Waals surface area contributed by atoms with E-state index in [0.717, 1.165) is 16.9 Å². The topological polar surface area (TPSA) is 52.3 Å². The maximum atomic E-state index is 11.3. The van der Waals surface area contributed by atoms with E-state index < -0.39 is 5.91 Å². The van der Waals surface area contributed by atoms with E-state index in [-0.39, 0.29) is 0 Å². The first-order valence-corrected chi connectivity index (χ1v) is 6.21. The van der Waals surface area contributed by atoms with Crippen molar-refractivity contribution >= 4 is 17.2 Å². The van der Waals surface area contributed by atoms with Gasteiger partial charge in [0.15, 0.2) is 0 Å². The zero-order valence-electron chi connectivity index (χ0n) is 9.47. The Morgan fingerprint density at radius 3 is 2.94 bits per heavy atom. The fourth-order valence-corrected chi connectivity index (χ4v) is 2.42. The maximum absolute atomic E-state index is 11.3. The van der Waals surface area contributed by atoms with Crippen LogP contribution in [0.3, 0.4) is 0 Å². The van der Waals surface area contributed by atoms with Crippen molar-refractivity contribution in [3.63, 3.8) is 0 Å². The van der Waals surface area contributed by atoms with Crippen molar-refractivity contribution in [1.29, 1.82) is 0 Å². The molecule has 0 atom stereocenters. The molecule has 1 amide bonds. The van der Waals surface area contributed by atoms with Gasteiger partial charge in [0.2, 0.25) is 0 Å². The van der Waals surface area contributed by atoms with Crippen molar-refractivity contribution in [1.82, 2.24) is 0 Å². The van der Waals surface area contributed by atoms with Crippen molar-refractivity contribution in [2.45, 2.75) is 6.92 Å². The average molecular weight is 247 g/mol. The Morgan fingerprint density at radius 2 is 2.24 bits per heavy atom. The molecule has 2 N–H and O–H groups in total. The average Bonchev–Trinajstić information content (AvgIpc) is 2.79. The molecule has 0 saturated carbocycles. The summed E-state index contributed by atoms with van der Waals surface area (Å²) in [6, 6.07) is 9.55. The smallest absolute Gasteiger partial charge is 0.259 e. The number of amides is 1. The third-order valence-corrected chi connectivity index (χ3v) is 3.27. The summed E-state index contributed by atoms with van der Waals surface area (Å²) in [7, 11) is 0. The van der Waals surface area contributed by atoms with Crippen LogP contribution >= 0.6 is 11.3 Å². The molecule has 0 saturated heterocycles. The minimum atomic E-state index is -0.392. The number of carbonyl (C=O) groups is 1. The largest absolute Gasteiger partial charge is 0.494 e. The van der Waals surface area contributed by atoms with E-state index in [1.165, 1.54) is 11.3 Å². The molecule has 2 aromatic rings. The Kier molecular flexibility index (Phi) is 3.44. The van der Waals surface area contributed by atoms with Gasteiger partial charge in [-0.1, -0.05) is 12.1 Å². The number of thiophene rings is 1. The molecule has 17 heavy (non-hydrogen) atoms. The van der Waals surface area contributed by atoms with Gasteiger partial charge in [0.05, 0.1) is 11.5 Å². The number of rotatable bonds is 4. The Balaban J connectivity index is 2.42. The van der Waals surface area contributed by atoms with E-state index >= 15 is 0 Å². The van der Waals surface area contributed by atoms with E-state index in [0.29, 0.717) is 11.5 Å². The summed E-state index contributed by atoms with van der Waals surface area (Å²) in [6.45, 7) is 2.56. The monoisotopic (exact) mass is 247 g/mol. The van der Waals surface area contributed by atoms with Crippen LogP contribution in [0.5, 0.6) is 5.75 Å². The third-order valence-electron chi connectivity index (χ3n) is 2.35. The highest BCUT2D eigenvalue weighted by Gasteiger charge is 2.11. The summed E-state index contributed by atoms with van der Waals surface area (Å²) in [5.74, 6) is 0.406. The molecule has 2 rings (SSSR count). The van der Waals surface area contributed by atoms with Crippen molar-refractivity contribution in [3.05, 3.63) is 40.6 Å². The maximum Gasteiger partial charge on any atom is 0.259 e. The number of hydrogen-bond acceptors (Lipinski definition) is 3. The van der Waals surface area contributed by atoms with Crippen LogP contribution in [-0.2, 0) is 0 Å². The quantitative estimate of drug-likeness (QED) is 0.903. The van der Waals surface area contributed by atoms with Crippen molar-refractivity contribution < 1.29 is 9.53 Å². The second-order valence-corrected chi connectivity index (χ2v) is 4.40. The molecule has 0 spiro atoms. The molecule has 0 radical (unpaired) electrons. The Labute approximate surface area is 104 Å². The summed E-state index contributed by atoms with van der Waals surface area (Å²) < 4.78 is 5.43. The minimum Gasteiger partial charge on any atom is -0.494 e. The fourth-order valence-electron chi connectivity index (χ4n) is 1.65. The van der Waals surface area contributed by atoms with Gasteiger partial charge in [0, 0.05) is 5.56 Å². The molecule has 1 heterocycles. The number of carbonyl (C=O) groups excluding carboxylic acids is 1. The van der Waals surface area contributed by atoms with E-state index in [4.69, 9.17) is 10.5 Å². The first-order valence-electron chi connectivity index (χ1n) is 5.33. The number of ether oxygens (including phenoxy) is 1. The van der Waals surface area contributed by atoms with Crippen LogP contribution in [0, 0.1) is 0 Å². The van der Waals surface area contributed by atoms with Crippen LogP contribution in [0.1, 0.15) is 16.6 Å². The van der Waals surface area contributed by atoms with E-state index in [1.54, 1.807) is 0 Å². The second kappa shape index (κ2) is 5.01. The predicted octanol–water partition coefficient (Wildman–Crippen LogP) is 2.91. The van der Waals surface area contributed by atoms with Gasteiger partial charge < -0.3 is 10.5 Å². The lowest BCUT2D eigenvalue weighted by molar-refractivity contribution is 0.100. The molecule has 4 heteroatoms. The second-order valence-electron chi connectivity index (χ2n) is 3.49. The van der Waals surface area contributed by atoms with Crippen LogP contribution in [-0.4, -0.2) is 12.5 Å². The van der Waals surface area contributed by atoms with Crippen molar-refractivity contribution in [2.24, 2.45) is 5.73 Å². The summed E-state index contributed by atoms with van der Waals surface area (Å²) in [6.07, 6.45) is 0. The molecule has 0 aliphatic carbocycles. The van der Waals surface area contributed by atoms with Gasteiger partial charge >= 0.3 is 0 Å². The van der Waals surface area contributed by atoms with Crippen molar-refractivity contribution in [2.75, 3.05) is 6.61 Å². The molecule has 0 bridgehead atoms. The van der Waals surface area contributed by atoms with E-state index in [2.05, 4.69) is 0 Å². The van der Waals surface area contributed by atoms with Crippen LogP contribution in [0.2, 0.25) is 0 Å². The van der Waals surface area contributed by atoms with E-state index in [1.807, 2.05) is 42.6 Å². The van der Waals surface area contributed by atoms with Gasteiger partial charge in [-0.3, -0.25) is 4.79 Å². The van der Waals surface area contributed by atoms with Crippen LogP contribution in [0.4, 0.5) is 0 Å². The Hall–Kier alpha value is -1.81. The summed E-state index contributed by atoms with van der Waals surface area (Å²) in [5.41, 5.74) is 7.15. The molecule has 88 valence electrons. The molecule has 0 fully saturated rings. The summed E-state index contributed by atoms with van der Waals surface area (Å²) in [5, 5.41) is 1.86. The Bertz CT molecular complexity index is 534. The number of benzene rings is 1. The molecular formula is C13H13NO2S. The van der Waals surface area contributed by atoms with Crippen LogP contribution in [0.25, 0.3) is 11.1 Å². The van der Waals surface area contributed by atoms with Crippen LogP contribution in [0.15, 0.2) is 35.7 Å². The molecule has 0 aliphatic rings. The lowest BCUT2D eigenvalue weighted by atomic mass is 10.1. The highest BCUT2D eigenvalue weighted by molar-refractivity contribution is 7.12. The van der Waals surface area contributed by atoms with Crippen molar-refractivity contribution in [3.8, 4) is 16.9 Å². The van der Waals surface area contributed by atoms with Gasteiger partial charge in [0.1, 0.15) is 5.75 Å². The highest BCUT2D eigenvalue weighted by Crippen LogP contribution is 2.30. The van der Waals surface area contributed by atoms with Gasteiger partial charge in [-0.2, -0.15) is 0 Å². The van der Waals surface area contributed by atoms with Gasteiger partial charge in [-0.15, -0.1) is 11.3 Å². The molecule has 1 aromatic carbocycles. The third kappa shape index (κ3) is 2.47. The minimum absolute atomic E-state index is 0.392. The standard InChI is InChI=1S/C13H13NO2S/c1-2-16-10-5-3-4-9(8-10)11-6-7-17-12(11)13(14)15/h3-8H,2H2,1H3,(H2,14,15). The van der Waals surface area contributed by atoms with Crippen LogP contribution < -0.4 is 10.5 Å². The first kappa shape index (κ1) is 11.7. The molecular weight excluding hydrogens is 234 g/mol.